The number of phosphoric acid groups is 1. The normalized spacial score (nSPS) is 14.9. The number of carbonyl (C=O) groups is 2. The van der Waals surface area contributed by atoms with Crippen LogP contribution in [-0.4, -0.2) is 40.8 Å². The van der Waals surface area contributed by atoms with Gasteiger partial charge in [0.05, 0.1) is 6.10 Å². The Bertz CT molecular complexity index is 862. The maximum absolute atomic E-state index is 12.2. The highest BCUT2D eigenvalue weighted by atomic mass is 31.2. The summed E-state index contributed by atoms with van der Waals surface area (Å²) >= 11 is 0. The molecule has 2 unspecified atom stereocenters. The van der Waals surface area contributed by atoms with Gasteiger partial charge >= 0.3 is 19.9 Å². The number of ether oxygens (including phenoxy) is 1. The Labute approximate surface area is 174 Å². The lowest BCUT2D eigenvalue weighted by Crippen LogP contribution is -2.33. The van der Waals surface area contributed by atoms with Crippen molar-refractivity contribution in [2.24, 2.45) is 0 Å². The van der Waals surface area contributed by atoms with Crippen molar-refractivity contribution < 1.29 is 37.9 Å². The molecular formula is C20H24NO8P. The van der Waals surface area contributed by atoms with Crippen molar-refractivity contribution in [2.45, 2.75) is 32.2 Å². The summed E-state index contributed by atoms with van der Waals surface area (Å²) in [6, 6.07) is 17.6. The maximum Gasteiger partial charge on any atom is 0.473 e. The van der Waals surface area contributed by atoms with Gasteiger partial charge in [-0.15, -0.1) is 0 Å². The van der Waals surface area contributed by atoms with Gasteiger partial charge < -0.3 is 20.1 Å². The van der Waals surface area contributed by atoms with Crippen molar-refractivity contribution >= 4 is 19.9 Å². The number of nitrogens with one attached hydrogen (secondary N) is 1. The first-order chi connectivity index (χ1) is 14.2. The second kappa shape index (κ2) is 11.5. The van der Waals surface area contributed by atoms with Crippen LogP contribution >= 0.6 is 7.82 Å². The van der Waals surface area contributed by atoms with Crippen LogP contribution in [0.2, 0.25) is 0 Å². The van der Waals surface area contributed by atoms with Gasteiger partial charge in [-0.05, 0) is 18.1 Å². The summed E-state index contributed by atoms with van der Waals surface area (Å²) in [5.74, 6) is -1.40. The Morgan fingerprint density at radius 2 is 1.57 bits per heavy atom. The first-order valence-electron chi connectivity index (χ1n) is 9.16. The molecule has 1 amide bonds. The van der Waals surface area contributed by atoms with Gasteiger partial charge in [-0.2, -0.15) is 0 Å². The topological polar surface area (TPSA) is 131 Å². The van der Waals surface area contributed by atoms with Crippen LogP contribution in [0.15, 0.2) is 60.7 Å². The number of carboxylic acid groups (broad SMARTS) is 1. The summed E-state index contributed by atoms with van der Waals surface area (Å²) in [4.78, 5) is 33.0. The monoisotopic (exact) mass is 437 g/mol. The number of hydrogen-bond acceptors (Lipinski definition) is 6. The molecule has 0 fully saturated rings. The highest BCUT2D eigenvalue weighted by Gasteiger charge is 2.33. The molecule has 9 nitrogen and oxygen atoms in total. The molecule has 0 saturated carbocycles. The molecule has 0 saturated heterocycles. The molecule has 0 bridgehead atoms. The van der Waals surface area contributed by atoms with Gasteiger partial charge in [0.15, 0.2) is 6.10 Å². The molecule has 0 spiro atoms. The highest BCUT2D eigenvalue weighted by Crippen LogP contribution is 2.46. The molecule has 2 rings (SSSR count). The standard InChI is InChI=1S/C20H24NO8P/c1-15(13-21-20(24)27-14-17-10-6-3-7-11-17)28-30(25,26)29-18(19(22)23)12-16-8-4-2-5-9-16/h2-11,15,18H,12-14H2,1H3,(H,21,24)(H,22,23)(H,25,26)/t15-,18?/m1/s1. The van der Waals surface area contributed by atoms with Crippen LogP contribution in [0.1, 0.15) is 18.1 Å². The van der Waals surface area contributed by atoms with Crippen molar-refractivity contribution in [3.05, 3.63) is 71.8 Å². The highest BCUT2D eigenvalue weighted by molar-refractivity contribution is 7.47. The molecule has 0 radical (unpaired) electrons. The number of alkyl carbamates (subject to hydrolysis) is 1. The second-order valence-electron chi connectivity index (χ2n) is 6.45. The van der Waals surface area contributed by atoms with Gasteiger partial charge in [-0.1, -0.05) is 60.7 Å². The van der Waals surface area contributed by atoms with Crippen molar-refractivity contribution in [3.8, 4) is 0 Å². The number of aliphatic carboxylic acids is 1. The first kappa shape index (κ1) is 23.6. The number of hydrogen-bond donors (Lipinski definition) is 3. The Hall–Kier alpha value is -2.71. The zero-order chi connectivity index (χ0) is 22.0. The molecule has 30 heavy (non-hydrogen) atoms. The van der Waals surface area contributed by atoms with E-state index in [9.17, 15) is 24.2 Å². The molecule has 2 aromatic rings. The van der Waals surface area contributed by atoms with Crippen molar-refractivity contribution in [2.75, 3.05) is 6.54 Å². The molecule has 0 aliphatic carbocycles. The summed E-state index contributed by atoms with van der Waals surface area (Å²) in [5.41, 5.74) is 1.43. The molecule has 0 aromatic heterocycles. The lowest BCUT2D eigenvalue weighted by molar-refractivity contribution is -0.146. The van der Waals surface area contributed by atoms with Gasteiger partial charge in [0.2, 0.25) is 0 Å². The van der Waals surface area contributed by atoms with Gasteiger partial charge in [-0.25, -0.2) is 14.2 Å². The van der Waals surface area contributed by atoms with E-state index in [-0.39, 0.29) is 19.6 Å². The number of phosphoric ester groups is 1. The molecular weight excluding hydrogens is 413 g/mol. The van der Waals surface area contributed by atoms with E-state index in [0.717, 1.165) is 5.56 Å². The van der Waals surface area contributed by atoms with Gasteiger partial charge in [0, 0.05) is 13.0 Å². The van der Waals surface area contributed by atoms with Gasteiger partial charge in [-0.3, -0.25) is 9.05 Å². The van der Waals surface area contributed by atoms with Crippen LogP contribution in [0.4, 0.5) is 4.79 Å². The molecule has 10 heteroatoms. The number of rotatable bonds is 11. The summed E-state index contributed by atoms with van der Waals surface area (Å²) in [6.07, 6.45) is -3.34. The fraction of sp³-hybridized carbons (Fsp3) is 0.300. The van der Waals surface area contributed by atoms with E-state index in [1.54, 1.807) is 42.5 Å². The molecule has 3 N–H and O–H groups in total. The minimum atomic E-state index is -4.69. The molecule has 162 valence electrons. The maximum atomic E-state index is 12.2. The van der Waals surface area contributed by atoms with Crippen LogP contribution in [0.3, 0.4) is 0 Å². The Morgan fingerprint density at radius 3 is 2.13 bits per heavy atom. The van der Waals surface area contributed by atoms with E-state index in [0.29, 0.717) is 5.56 Å². The van der Waals surface area contributed by atoms with Crippen LogP contribution < -0.4 is 5.32 Å². The molecule has 0 aliphatic heterocycles. The molecule has 0 heterocycles. The largest absolute Gasteiger partial charge is 0.479 e. The Kier molecular flexibility index (Phi) is 9.01. The van der Waals surface area contributed by atoms with Gasteiger partial charge in [0.1, 0.15) is 6.61 Å². The predicted octanol–water partition coefficient (Wildman–Crippen LogP) is 3.13. The summed E-state index contributed by atoms with van der Waals surface area (Å²) in [6.45, 7) is 1.36. The van der Waals surface area contributed by atoms with Crippen molar-refractivity contribution in [1.29, 1.82) is 0 Å². The SMILES string of the molecule is C[C@H](CNC(=O)OCc1ccccc1)OP(=O)(O)OC(Cc1ccccc1)C(=O)O. The third-order valence-corrected chi connectivity index (χ3v) is 5.01. The van der Waals surface area contributed by atoms with E-state index in [4.69, 9.17) is 13.8 Å². The number of benzene rings is 2. The van der Waals surface area contributed by atoms with Gasteiger partial charge in [0.25, 0.3) is 0 Å². The van der Waals surface area contributed by atoms with Crippen LogP contribution in [0, 0.1) is 0 Å². The number of carboxylic acids is 1. The minimum Gasteiger partial charge on any atom is -0.479 e. The zero-order valence-electron chi connectivity index (χ0n) is 16.3. The smallest absolute Gasteiger partial charge is 0.473 e. The fourth-order valence-electron chi connectivity index (χ4n) is 2.45. The lowest BCUT2D eigenvalue weighted by Gasteiger charge is -2.21. The quantitative estimate of drug-likeness (QED) is 0.457. The van der Waals surface area contributed by atoms with E-state index in [1.165, 1.54) is 6.92 Å². The van der Waals surface area contributed by atoms with Crippen molar-refractivity contribution in [1.82, 2.24) is 5.32 Å². The molecule has 3 atom stereocenters. The average molecular weight is 437 g/mol. The van der Waals surface area contributed by atoms with Crippen LogP contribution in [0.5, 0.6) is 0 Å². The second-order valence-corrected chi connectivity index (χ2v) is 7.81. The Morgan fingerprint density at radius 1 is 1.00 bits per heavy atom. The van der Waals surface area contributed by atoms with E-state index in [2.05, 4.69) is 5.32 Å². The fourth-order valence-corrected chi connectivity index (χ4v) is 3.51. The first-order valence-corrected chi connectivity index (χ1v) is 10.7. The Balaban J connectivity index is 1.79. The van der Waals surface area contributed by atoms with E-state index < -0.39 is 32.1 Å². The van der Waals surface area contributed by atoms with E-state index >= 15 is 0 Å². The zero-order valence-corrected chi connectivity index (χ0v) is 17.2. The summed E-state index contributed by atoms with van der Waals surface area (Å²) in [5, 5.41) is 11.7. The lowest BCUT2D eigenvalue weighted by atomic mass is 10.1. The van der Waals surface area contributed by atoms with Crippen LogP contribution in [-0.2, 0) is 36.2 Å². The minimum absolute atomic E-state index is 0.0727. The third kappa shape index (κ3) is 8.75. The summed E-state index contributed by atoms with van der Waals surface area (Å²) in [7, 11) is -4.69. The average Bonchev–Trinajstić information content (AvgIpc) is 2.71. The third-order valence-electron chi connectivity index (χ3n) is 3.86. The predicted molar refractivity (Wildman–Crippen MR) is 108 cm³/mol. The number of carbonyl (C=O) groups excluding carboxylic acids is 1. The summed E-state index contributed by atoms with van der Waals surface area (Å²) < 4.78 is 27.0. The van der Waals surface area contributed by atoms with Crippen LogP contribution in [0.25, 0.3) is 0 Å². The van der Waals surface area contributed by atoms with E-state index in [1.807, 2.05) is 18.2 Å². The number of amides is 1. The molecule has 2 aromatic carbocycles. The molecule has 0 aliphatic rings. The van der Waals surface area contributed by atoms with Crippen molar-refractivity contribution in [3.63, 3.8) is 0 Å².